The first-order chi connectivity index (χ1) is 18.5. The summed E-state index contributed by atoms with van der Waals surface area (Å²) in [6.45, 7) is 7.76. The molecule has 0 fully saturated rings. The van der Waals surface area contributed by atoms with E-state index in [-0.39, 0.29) is 11.6 Å². The first-order valence-corrected chi connectivity index (χ1v) is 13.0. The lowest BCUT2D eigenvalue weighted by atomic mass is 9.83. The van der Waals surface area contributed by atoms with Crippen LogP contribution in [0.2, 0.25) is 0 Å². The van der Waals surface area contributed by atoms with Crippen LogP contribution in [0.1, 0.15) is 55.5 Å². The number of carboxylic acids is 2. The van der Waals surface area contributed by atoms with Crippen LogP contribution in [0.25, 0.3) is 0 Å². The molecule has 1 aliphatic rings. The van der Waals surface area contributed by atoms with Crippen LogP contribution in [0.15, 0.2) is 72.8 Å². The Morgan fingerprint density at radius 3 is 2.03 bits per heavy atom. The highest BCUT2D eigenvalue weighted by molar-refractivity contribution is 6.27. The number of hydrogen-bond donors (Lipinski definition) is 4. The molecule has 0 saturated carbocycles. The van der Waals surface area contributed by atoms with E-state index in [1.54, 1.807) is 0 Å². The van der Waals surface area contributed by atoms with Crippen LogP contribution in [0.3, 0.4) is 0 Å². The van der Waals surface area contributed by atoms with Crippen molar-refractivity contribution in [1.29, 1.82) is 0 Å². The molecule has 2 unspecified atom stereocenters. The molecule has 0 aliphatic heterocycles. The number of aliphatic hydroxyl groups excluding tert-OH is 1. The molecule has 0 saturated heterocycles. The van der Waals surface area contributed by atoms with Crippen molar-refractivity contribution in [3.05, 3.63) is 95.1 Å². The molecule has 2 atom stereocenters. The highest BCUT2D eigenvalue weighted by atomic mass is 16.5. The van der Waals surface area contributed by atoms with E-state index in [4.69, 9.17) is 24.5 Å². The lowest BCUT2D eigenvalue weighted by molar-refractivity contribution is -0.159. The molecule has 8 nitrogen and oxygen atoms in total. The number of nitrogens with one attached hydrogen (secondary N) is 1. The molecule has 3 aromatic carbocycles. The van der Waals surface area contributed by atoms with Crippen molar-refractivity contribution in [2.45, 2.75) is 64.4 Å². The van der Waals surface area contributed by atoms with E-state index in [0.717, 1.165) is 36.4 Å². The van der Waals surface area contributed by atoms with Crippen molar-refractivity contribution in [2.24, 2.45) is 0 Å². The van der Waals surface area contributed by atoms with Gasteiger partial charge < -0.3 is 30.3 Å². The van der Waals surface area contributed by atoms with Crippen molar-refractivity contribution in [3.8, 4) is 5.75 Å². The third-order valence-electron chi connectivity index (χ3n) is 6.34. The standard InChI is InChI=1S/C29H36N2O2.C2H2O4/c1-29(2,3)30-27-23-16-18-26(33-20-22-13-9-6-10-14-22)28(24(23)15-17-25(27)32)31(4)19-21-11-7-5-8-12-21;3-1(4)2(5)6/h5-14,16,18,25,27,30,32H,15,17,19-20H2,1-4H3;(H,3,4)(H,5,6). The lowest BCUT2D eigenvalue weighted by Gasteiger charge is -2.38. The Labute approximate surface area is 229 Å². The molecule has 208 valence electrons. The summed E-state index contributed by atoms with van der Waals surface area (Å²) in [5.41, 5.74) is 5.87. The molecule has 0 bridgehead atoms. The fraction of sp³-hybridized carbons (Fsp3) is 0.355. The summed E-state index contributed by atoms with van der Waals surface area (Å²) in [5.74, 6) is -2.76. The Hall–Kier alpha value is -3.88. The largest absolute Gasteiger partial charge is 0.487 e. The number of carboxylic acid groups (broad SMARTS) is 2. The molecule has 0 radical (unpaired) electrons. The maximum atomic E-state index is 10.9. The van der Waals surface area contributed by atoms with Gasteiger partial charge in [0.2, 0.25) is 0 Å². The number of carbonyl (C=O) groups is 2. The molecule has 0 amide bonds. The van der Waals surface area contributed by atoms with Gasteiger partial charge in [0.15, 0.2) is 0 Å². The molecule has 4 rings (SSSR count). The fourth-order valence-corrected chi connectivity index (χ4v) is 4.70. The van der Waals surface area contributed by atoms with Gasteiger partial charge in [-0.15, -0.1) is 0 Å². The summed E-state index contributed by atoms with van der Waals surface area (Å²) < 4.78 is 6.39. The van der Waals surface area contributed by atoms with Crippen molar-refractivity contribution < 1.29 is 29.6 Å². The van der Waals surface area contributed by atoms with Crippen LogP contribution in [-0.2, 0) is 29.2 Å². The Balaban J connectivity index is 0.000000631. The third-order valence-corrected chi connectivity index (χ3v) is 6.34. The van der Waals surface area contributed by atoms with Crippen LogP contribution in [-0.4, -0.2) is 45.9 Å². The molecular weight excluding hydrogens is 496 g/mol. The zero-order chi connectivity index (χ0) is 28.6. The summed E-state index contributed by atoms with van der Waals surface area (Å²) in [4.78, 5) is 20.5. The van der Waals surface area contributed by atoms with Crippen molar-refractivity contribution in [1.82, 2.24) is 5.32 Å². The average Bonchev–Trinajstić information content (AvgIpc) is 2.89. The van der Waals surface area contributed by atoms with E-state index in [1.807, 2.05) is 24.3 Å². The maximum Gasteiger partial charge on any atom is 0.414 e. The van der Waals surface area contributed by atoms with Gasteiger partial charge in [0.1, 0.15) is 12.4 Å². The predicted octanol–water partition coefficient (Wildman–Crippen LogP) is 4.79. The summed E-state index contributed by atoms with van der Waals surface area (Å²) in [6, 6.07) is 24.9. The van der Waals surface area contributed by atoms with Crippen molar-refractivity contribution in [2.75, 3.05) is 11.9 Å². The molecule has 1 aliphatic carbocycles. The van der Waals surface area contributed by atoms with E-state index >= 15 is 0 Å². The van der Waals surface area contributed by atoms with Crippen molar-refractivity contribution in [3.63, 3.8) is 0 Å². The van der Waals surface area contributed by atoms with Crippen LogP contribution in [0, 0.1) is 0 Å². The van der Waals surface area contributed by atoms with Gasteiger partial charge in [-0.2, -0.15) is 0 Å². The fourth-order valence-electron chi connectivity index (χ4n) is 4.70. The Morgan fingerprint density at radius 2 is 1.49 bits per heavy atom. The third kappa shape index (κ3) is 8.56. The van der Waals surface area contributed by atoms with E-state index in [1.165, 1.54) is 16.7 Å². The van der Waals surface area contributed by atoms with Gasteiger partial charge in [-0.25, -0.2) is 9.59 Å². The summed E-state index contributed by atoms with van der Waals surface area (Å²) in [5, 5.41) is 29.3. The second-order valence-electron chi connectivity index (χ2n) is 10.7. The Kier molecular flexibility index (Phi) is 10.1. The molecular formula is C31H38N2O6. The zero-order valence-corrected chi connectivity index (χ0v) is 22.9. The van der Waals surface area contributed by atoms with Crippen LogP contribution in [0.4, 0.5) is 5.69 Å². The van der Waals surface area contributed by atoms with Crippen LogP contribution >= 0.6 is 0 Å². The quantitative estimate of drug-likeness (QED) is 0.320. The normalized spacial score (nSPS) is 16.3. The molecule has 39 heavy (non-hydrogen) atoms. The molecule has 0 spiro atoms. The number of rotatable bonds is 7. The zero-order valence-electron chi connectivity index (χ0n) is 22.9. The van der Waals surface area contributed by atoms with E-state index < -0.39 is 18.0 Å². The minimum absolute atomic E-state index is 0.0965. The monoisotopic (exact) mass is 534 g/mol. The smallest absolute Gasteiger partial charge is 0.414 e. The number of aliphatic hydroxyl groups is 1. The van der Waals surface area contributed by atoms with E-state index in [2.05, 4.69) is 86.6 Å². The minimum Gasteiger partial charge on any atom is -0.487 e. The average molecular weight is 535 g/mol. The van der Waals surface area contributed by atoms with Gasteiger partial charge in [0.25, 0.3) is 0 Å². The number of fused-ring (bicyclic) bond motifs is 1. The van der Waals surface area contributed by atoms with Crippen LogP contribution in [0.5, 0.6) is 5.75 Å². The highest BCUT2D eigenvalue weighted by Gasteiger charge is 2.33. The number of anilines is 1. The number of aliphatic carboxylic acids is 2. The first-order valence-electron chi connectivity index (χ1n) is 13.0. The first kappa shape index (κ1) is 29.7. The summed E-state index contributed by atoms with van der Waals surface area (Å²) >= 11 is 0. The van der Waals surface area contributed by atoms with Gasteiger partial charge in [-0.3, -0.25) is 0 Å². The number of ether oxygens (including phenoxy) is 1. The topological polar surface area (TPSA) is 119 Å². The van der Waals surface area contributed by atoms with Gasteiger partial charge in [-0.1, -0.05) is 66.7 Å². The number of nitrogens with zero attached hydrogens (tertiary/aromatic N) is 1. The maximum absolute atomic E-state index is 10.9. The van der Waals surface area contributed by atoms with E-state index in [9.17, 15) is 5.11 Å². The molecule has 8 heteroatoms. The Morgan fingerprint density at radius 1 is 0.923 bits per heavy atom. The molecule has 3 aromatic rings. The van der Waals surface area contributed by atoms with Crippen molar-refractivity contribution >= 4 is 17.6 Å². The van der Waals surface area contributed by atoms with Gasteiger partial charge >= 0.3 is 11.9 Å². The predicted molar refractivity (Wildman–Crippen MR) is 151 cm³/mol. The van der Waals surface area contributed by atoms with Crippen LogP contribution < -0.4 is 15.0 Å². The van der Waals surface area contributed by atoms with Gasteiger partial charge in [0, 0.05) is 19.1 Å². The number of hydrogen-bond acceptors (Lipinski definition) is 6. The highest BCUT2D eigenvalue weighted by Crippen LogP contribution is 2.42. The second kappa shape index (κ2) is 13.3. The second-order valence-corrected chi connectivity index (χ2v) is 10.7. The Bertz CT molecular complexity index is 1230. The SMILES string of the molecule is CN(Cc1ccccc1)c1c(OCc2ccccc2)ccc2c1CCC(O)C2NC(C)(C)C.O=C(O)C(=O)O. The lowest BCUT2D eigenvalue weighted by Crippen LogP contribution is -2.45. The van der Waals surface area contributed by atoms with Gasteiger partial charge in [-0.05, 0) is 61.9 Å². The van der Waals surface area contributed by atoms with E-state index in [0.29, 0.717) is 6.61 Å². The molecule has 0 heterocycles. The summed E-state index contributed by atoms with van der Waals surface area (Å²) in [6.07, 6.45) is 1.16. The molecule has 0 aromatic heterocycles. The minimum atomic E-state index is -1.82. The number of benzene rings is 3. The van der Waals surface area contributed by atoms with Gasteiger partial charge in [0.05, 0.1) is 17.8 Å². The molecule has 4 N–H and O–H groups in total. The summed E-state index contributed by atoms with van der Waals surface area (Å²) in [7, 11) is 2.13.